The van der Waals surface area contributed by atoms with Gasteiger partial charge in [-0.2, -0.15) is 0 Å². The first-order valence-electron chi connectivity index (χ1n) is 4.30. The van der Waals surface area contributed by atoms with Crippen molar-refractivity contribution in [3.63, 3.8) is 0 Å². The zero-order valence-electron chi connectivity index (χ0n) is 7.74. The molecule has 15 heavy (non-hydrogen) atoms. The normalized spacial score (nSPS) is 10.2. The van der Waals surface area contributed by atoms with E-state index in [9.17, 15) is 4.79 Å². The number of hydrogen-bond acceptors (Lipinski definition) is 3. The number of anilines is 1. The SMILES string of the molecule is Nc1cc(Cl)cc(-c2ccc(C=O)s2)c1. The number of aldehydes is 1. The smallest absolute Gasteiger partial charge is 0.160 e. The summed E-state index contributed by atoms with van der Waals surface area (Å²) >= 11 is 7.32. The zero-order chi connectivity index (χ0) is 10.8. The van der Waals surface area contributed by atoms with E-state index in [0.29, 0.717) is 15.6 Å². The van der Waals surface area contributed by atoms with Crippen molar-refractivity contribution >= 4 is 34.9 Å². The average molecular weight is 238 g/mol. The maximum Gasteiger partial charge on any atom is 0.160 e. The van der Waals surface area contributed by atoms with E-state index in [-0.39, 0.29) is 0 Å². The van der Waals surface area contributed by atoms with Crippen molar-refractivity contribution in [2.45, 2.75) is 0 Å². The highest BCUT2D eigenvalue weighted by molar-refractivity contribution is 7.17. The highest BCUT2D eigenvalue weighted by Crippen LogP contribution is 2.30. The number of halogens is 1. The second-order valence-corrected chi connectivity index (χ2v) is 4.64. The molecule has 2 N–H and O–H groups in total. The van der Waals surface area contributed by atoms with E-state index in [1.165, 1.54) is 11.3 Å². The summed E-state index contributed by atoms with van der Waals surface area (Å²) in [6, 6.07) is 9.04. The highest BCUT2D eigenvalue weighted by atomic mass is 35.5. The summed E-state index contributed by atoms with van der Waals surface area (Å²) in [5, 5.41) is 0.603. The van der Waals surface area contributed by atoms with Gasteiger partial charge in [0.05, 0.1) is 4.88 Å². The van der Waals surface area contributed by atoms with Gasteiger partial charge in [-0.1, -0.05) is 11.6 Å². The maximum absolute atomic E-state index is 10.5. The Kier molecular flexibility index (Phi) is 2.75. The van der Waals surface area contributed by atoms with Crippen LogP contribution in [0.15, 0.2) is 30.3 Å². The lowest BCUT2D eigenvalue weighted by atomic mass is 10.2. The number of benzene rings is 1. The highest BCUT2D eigenvalue weighted by Gasteiger charge is 2.04. The Morgan fingerprint density at radius 1 is 1.27 bits per heavy atom. The van der Waals surface area contributed by atoms with Gasteiger partial charge in [-0.05, 0) is 35.9 Å². The van der Waals surface area contributed by atoms with Crippen LogP contribution in [0.2, 0.25) is 5.02 Å². The molecule has 0 aliphatic rings. The summed E-state index contributed by atoms with van der Waals surface area (Å²) in [7, 11) is 0. The Morgan fingerprint density at radius 3 is 2.67 bits per heavy atom. The summed E-state index contributed by atoms with van der Waals surface area (Å²) in [6.45, 7) is 0. The Balaban J connectivity index is 2.48. The van der Waals surface area contributed by atoms with Crippen LogP contribution >= 0.6 is 22.9 Å². The minimum absolute atomic E-state index is 0.603. The van der Waals surface area contributed by atoms with E-state index in [1.807, 2.05) is 18.2 Å². The van der Waals surface area contributed by atoms with E-state index < -0.39 is 0 Å². The molecule has 0 bridgehead atoms. The molecular formula is C11H8ClNOS. The monoisotopic (exact) mass is 237 g/mol. The molecule has 4 heteroatoms. The topological polar surface area (TPSA) is 43.1 Å². The van der Waals surface area contributed by atoms with Crippen LogP contribution in [0.3, 0.4) is 0 Å². The van der Waals surface area contributed by atoms with Gasteiger partial charge in [0.2, 0.25) is 0 Å². The predicted molar refractivity (Wildman–Crippen MR) is 64.6 cm³/mol. The second kappa shape index (κ2) is 4.04. The van der Waals surface area contributed by atoms with Crippen molar-refractivity contribution in [2.24, 2.45) is 0 Å². The van der Waals surface area contributed by atoms with Crippen LogP contribution in [0, 0.1) is 0 Å². The van der Waals surface area contributed by atoms with Crippen molar-refractivity contribution in [2.75, 3.05) is 5.73 Å². The van der Waals surface area contributed by atoms with Gasteiger partial charge in [0.25, 0.3) is 0 Å². The van der Waals surface area contributed by atoms with Gasteiger partial charge < -0.3 is 5.73 Å². The molecule has 0 spiro atoms. The first-order chi connectivity index (χ1) is 7.19. The number of rotatable bonds is 2. The fourth-order valence-electron chi connectivity index (χ4n) is 1.33. The fourth-order valence-corrected chi connectivity index (χ4v) is 2.38. The number of carbonyl (C=O) groups excluding carboxylic acids is 1. The van der Waals surface area contributed by atoms with Gasteiger partial charge in [0.1, 0.15) is 0 Å². The Labute approximate surface area is 96.3 Å². The molecule has 0 aliphatic heterocycles. The molecule has 0 saturated carbocycles. The third-order valence-corrected chi connectivity index (χ3v) is 3.23. The molecule has 2 rings (SSSR count). The molecule has 1 aromatic heterocycles. The van der Waals surface area contributed by atoms with E-state index >= 15 is 0 Å². The molecule has 2 nitrogen and oxygen atoms in total. The van der Waals surface area contributed by atoms with Crippen LogP contribution in [0.5, 0.6) is 0 Å². The van der Waals surface area contributed by atoms with Gasteiger partial charge in [-0.25, -0.2) is 0 Å². The number of thiophene rings is 1. The minimum atomic E-state index is 0.603. The van der Waals surface area contributed by atoms with Crippen molar-refractivity contribution in [3.05, 3.63) is 40.2 Å². The van der Waals surface area contributed by atoms with Crippen LogP contribution in [0.4, 0.5) is 5.69 Å². The van der Waals surface area contributed by atoms with Gasteiger partial charge in [0, 0.05) is 15.6 Å². The van der Waals surface area contributed by atoms with Crippen LogP contribution in [0.25, 0.3) is 10.4 Å². The average Bonchev–Trinajstić information content (AvgIpc) is 2.64. The summed E-state index contributed by atoms with van der Waals surface area (Å²) in [4.78, 5) is 12.2. The predicted octanol–water partition coefficient (Wildman–Crippen LogP) is 3.46. The number of hydrogen-bond donors (Lipinski definition) is 1. The summed E-state index contributed by atoms with van der Waals surface area (Å²) in [5.41, 5.74) is 7.25. The molecule has 0 aliphatic carbocycles. The Bertz CT molecular complexity index is 487. The molecule has 1 heterocycles. The van der Waals surface area contributed by atoms with E-state index in [2.05, 4.69) is 0 Å². The van der Waals surface area contributed by atoms with Gasteiger partial charge >= 0.3 is 0 Å². The maximum atomic E-state index is 10.5. The molecule has 76 valence electrons. The zero-order valence-corrected chi connectivity index (χ0v) is 9.31. The third-order valence-electron chi connectivity index (χ3n) is 1.95. The first kappa shape index (κ1) is 10.2. The molecular weight excluding hydrogens is 230 g/mol. The number of nitrogens with two attached hydrogens (primary N) is 1. The minimum Gasteiger partial charge on any atom is -0.399 e. The van der Waals surface area contributed by atoms with Crippen molar-refractivity contribution in [1.29, 1.82) is 0 Å². The van der Waals surface area contributed by atoms with E-state index in [1.54, 1.807) is 12.1 Å². The van der Waals surface area contributed by atoms with Crippen molar-refractivity contribution in [3.8, 4) is 10.4 Å². The lowest BCUT2D eigenvalue weighted by Crippen LogP contribution is -1.84. The fraction of sp³-hybridized carbons (Fsp3) is 0. The molecule has 0 saturated heterocycles. The number of carbonyl (C=O) groups is 1. The molecule has 2 aromatic rings. The van der Waals surface area contributed by atoms with Crippen LogP contribution in [-0.2, 0) is 0 Å². The summed E-state index contributed by atoms with van der Waals surface area (Å²) in [5.74, 6) is 0. The standard InChI is InChI=1S/C11H8ClNOS/c12-8-3-7(4-9(13)5-8)11-2-1-10(6-14)15-11/h1-6H,13H2. The largest absolute Gasteiger partial charge is 0.399 e. The van der Waals surface area contributed by atoms with Gasteiger partial charge in [-0.15, -0.1) is 11.3 Å². The second-order valence-electron chi connectivity index (χ2n) is 3.09. The van der Waals surface area contributed by atoms with Crippen molar-refractivity contribution < 1.29 is 4.79 Å². The molecule has 1 aromatic carbocycles. The van der Waals surface area contributed by atoms with Crippen LogP contribution in [-0.4, -0.2) is 6.29 Å². The summed E-state index contributed by atoms with van der Waals surface area (Å²) < 4.78 is 0. The van der Waals surface area contributed by atoms with E-state index in [4.69, 9.17) is 17.3 Å². The third kappa shape index (κ3) is 2.19. The lowest BCUT2D eigenvalue weighted by Gasteiger charge is -2.00. The van der Waals surface area contributed by atoms with Gasteiger partial charge in [0.15, 0.2) is 6.29 Å². The van der Waals surface area contributed by atoms with Crippen LogP contribution in [0.1, 0.15) is 9.67 Å². The first-order valence-corrected chi connectivity index (χ1v) is 5.50. The van der Waals surface area contributed by atoms with Crippen LogP contribution < -0.4 is 5.73 Å². The molecule has 0 fully saturated rings. The summed E-state index contributed by atoms with van der Waals surface area (Å²) in [6.07, 6.45) is 0.835. The van der Waals surface area contributed by atoms with Crippen molar-refractivity contribution in [1.82, 2.24) is 0 Å². The Hall–Kier alpha value is -1.32. The molecule has 0 amide bonds. The molecule has 0 unspecified atom stereocenters. The lowest BCUT2D eigenvalue weighted by molar-refractivity contribution is 0.112. The quantitative estimate of drug-likeness (QED) is 0.642. The Morgan fingerprint density at radius 2 is 2.07 bits per heavy atom. The van der Waals surface area contributed by atoms with E-state index in [0.717, 1.165) is 16.7 Å². The van der Waals surface area contributed by atoms with Gasteiger partial charge in [-0.3, -0.25) is 4.79 Å². The number of nitrogen functional groups attached to an aromatic ring is 1. The molecule has 0 atom stereocenters. The molecule has 0 radical (unpaired) electrons.